The Morgan fingerprint density at radius 1 is 1.08 bits per heavy atom. The lowest BCUT2D eigenvalue weighted by Crippen LogP contribution is -2.52. The van der Waals surface area contributed by atoms with Crippen LogP contribution in [0.1, 0.15) is 51.0 Å². The van der Waals surface area contributed by atoms with E-state index in [4.69, 9.17) is 0 Å². The molecule has 0 spiro atoms. The van der Waals surface area contributed by atoms with Crippen LogP contribution in [0.5, 0.6) is 0 Å². The van der Waals surface area contributed by atoms with Crippen molar-refractivity contribution in [2.75, 3.05) is 19.6 Å². The molecular formula is C21H27FN2O2. The number of halogens is 1. The van der Waals surface area contributed by atoms with Gasteiger partial charge in [0.1, 0.15) is 11.9 Å². The van der Waals surface area contributed by atoms with Crippen molar-refractivity contribution in [3.63, 3.8) is 0 Å². The quantitative estimate of drug-likeness (QED) is 0.833. The van der Waals surface area contributed by atoms with E-state index in [9.17, 15) is 14.0 Å². The van der Waals surface area contributed by atoms with Crippen molar-refractivity contribution in [2.45, 2.75) is 56.9 Å². The first kappa shape index (κ1) is 17.5. The average molecular weight is 358 g/mol. The maximum absolute atomic E-state index is 14.3. The summed E-state index contributed by atoms with van der Waals surface area (Å²) in [6.45, 7) is 4.40. The normalized spacial score (nSPS) is 25.4. The fourth-order valence-electron chi connectivity index (χ4n) is 4.55. The van der Waals surface area contributed by atoms with Gasteiger partial charge in [-0.1, -0.05) is 25.1 Å². The number of likely N-dealkylation sites (tertiary alicyclic amines) is 2. The molecule has 4 rings (SSSR count). The fraction of sp³-hybridized carbons (Fsp3) is 0.619. The third-order valence-corrected chi connectivity index (χ3v) is 6.44. The smallest absolute Gasteiger partial charge is 0.245 e. The van der Waals surface area contributed by atoms with Gasteiger partial charge in [0.2, 0.25) is 11.8 Å². The molecular weight excluding hydrogens is 331 g/mol. The highest BCUT2D eigenvalue weighted by atomic mass is 19.1. The predicted molar refractivity (Wildman–Crippen MR) is 97.0 cm³/mol. The lowest BCUT2D eigenvalue weighted by Gasteiger charge is -2.35. The van der Waals surface area contributed by atoms with Gasteiger partial charge < -0.3 is 9.80 Å². The first-order chi connectivity index (χ1) is 12.5. The van der Waals surface area contributed by atoms with Gasteiger partial charge >= 0.3 is 0 Å². The molecule has 1 atom stereocenters. The largest absolute Gasteiger partial charge is 0.341 e. The molecule has 2 amide bonds. The molecule has 0 N–H and O–H groups in total. The molecule has 3 aliphatic rings. The van der Waals surface area contributed by atoms with E-state index in [1.807, 2.05) is 4.90 Å². The predicted octanol–water partition coefficient (Wildman–Crippen LogP) is 3.11. The monoisotopic (exact) mass is 358 g/mol. The average Bonchev–Trinajstić information content (AvgIpc) is 3.30. The molecule has 1 aromatic rings. The molecule has 140 valence electrons. The van der Waals surface area contributed by atoms with Crippen molar-refractivity contribution in [2.24, 2.45) is 5.92 Å². The highest BCUT2D eigenvalue weighted by molar-refractivity contribution is 5.95. The Balaban J connectivity index is 1.52. The molecule has 3 fully saturated rings. The number of carbonyl (C=O) groups excluding carboxylic acids is 2. The number of amides is 2. The Kier molecular flexibility index (Phi) is 4.49. The highest BCUT2D eigenvalue weighted by Gasteiger charge is 2.56. The number of piperidine rings is 1. The molecule has 0 aromatic heterocycles. The Morgan fingerprint density at radius 3 is 2.42 bits per heavy atom. The third-order valence-electron chi connectivity index (χ3n) is 6.44. The Bertz CT molecular complexity index is 708. The molecule has 4 nitrogen and oxygen atoms in total. The summed E-state index contributed by atoms with van der Waals surface area (Å²) in [4.78, 5) is 30.0. The fourth-order valence-corrected chi connectivity index (χ4v) is 4.55. The summed E-state index contributed by atoms with van der Waals surface area (Å²) in [5.41, 5.74) is -0.250. The molecule has 26 heavy (non-hydrogen) atoms. The van der Waals surface area contributed by atoms with Crippen molar-refractivity contribution in [3.05, 3.63) is 35.6 Å². The van der Waals surface area contributed by atoms with Crippen molar-refractivity contribution in [3.8, 4) is 0 Å². The van der Waals surface area contributed by atoms with Gasteiger partial charge in [-0.25, -0.2) is 4.39 Å². The van der Waals surface area contributed by atoms with Crippen LogP contribution >= 0.6 is 0 Å². The maximum atomic E-state index is 14.3. The van der Waals surface area contributed by atoms with Gasteiger partial charge in [0, 0.05) is 25.2 Å². The molecule has 0 bridgehead atoms. The number of rotatable bonds is 3. The maximum Gasteiger partial charge on any atom is 0.245 e. The second-order valence-corrected chi connectivity index (χ2v) is 8.23. The molecule has 1 unspecified atom stereocenters. The topological polar surface area (TPSA) is 40.6 Å². The SMILES string of the molecule is CC1CCN(C(=O)C2CCCN2C(=O)C2(c3ccccc3F)CC2)CC1. The second-order valence-electron chi connectivity index (χ2n) is 8.23. The summed E-state index contributed by atoms with van der Waals surface area (Å²) in [6.07, 6.45) is 4.98. The van der Waals surface area contributed by atoms with E-state index in [-0.39, 0.29) is 23.7 Å². The van der Waals surface area contributed by atoms with E-state index in [0.717, 1.165) is 38.8 Å². The zero-order valence-corrected chi connectivity index (χ0v) is 15.4. The number of hydrogen-bond donors (Lipinski definition) is 0. The Labute approximate surface area is 154 Å². The van der Waals surface area contributed by atoms with Crippen LogP contribution in [0, 0.1) is 11.7 Å². The van der Waals surface area contributed by atoms with Crippen molar-refractivity contribution in [1.82, 2.24) is 9.80 Å². The summed E-state index contributed by atoms with van der Waals surface area (Å²) in [6, 6.07) is 6.22. The minimum Gasteiger partial charge on any atom is -0.341 e. The molecule has 1 aliphatic carbocycles. The lowest BCUT2D eigenvalue weighted by atomic mass is 9.93. The van der Waals surface area contributed by atoms with Crippen LogP contribution in [0.15, 0.2) is 24.3 Å². The van der Waals surface area contributed by atoms with E-state index in [1.54, 1.807) is 23.1 Å². The number of carbonyl (C=O) groups is 2. The van der Waals surface area contributed by atoms with E-state index in [0.29, 0.717) is 30.9 Å². The number of nitrogens with zero attached hydrogens (tertiary/aromatic N) is 2. The van der Waals surface area contributed by atoms with E-state index in [2.05, 4.69) is 6.92 Å². The van der Waals surface area contributed by atoms with Crippen molar-refractivity contribution >= 4 is 11.8 Å². The van der Waals surface area contributed by atoms with Crippen LogP contribution in [0.3, 0.4) is 0 Å². The van der Waals surface area contributed by atoms with Crippen LogP contribution in [0.2, 0.25) is 0 Å². The molecule has 2 heterocycles. The van der Waals surface area contributed by atoms with Crippen LogP contribution in [-0.2, 0) is 15.0 Å². The first-order valence-corrected chi connectivity index (χ1v) is 9.88. The van der Waals surface area contributed by atoms with Crippen LogP contribution < -0.4 is 0 Å². The summed E-state index contributed by atoms with van der Waals surface area (Å²) in [5.74, 6) is 0.387. The highest BCUT2D eigenvalue weighted by Crippen LogP contribution is 2.51. The number of hydrogen-bond acceptors (Lipinski definition) is 2. The summed E-state index contributed by atoms with van der Waals surface area (Å²) in [5, 5.41) is 0. The second kappa shape index (κ2) is 6.67. The minimum atomic E-state index is -0.745. The zero-order chi connectivity index (χ0) is 18.3. The molecule has 1 aromatic carbocycles. The van der Waals surface area contributed by atoms with Gasteiger partial charge in [-0.05, 0) is 50.5 Å². The lowest BCUT2D eigenvalue weighted by molar-refractivity contribution is -0.146. The van der Waals surface area contributed by atoms with Gasteiger partial charge in [-0.2, -0.15) is 0 Å². The van der Waals surface area contributed by atoms with Gasteiger partial charge in [-0.15, -0.1) is 0 Å². The molecule has 1 saturated carbocycles. The van der Waals surface area contributed by atoms with E-state index >= 15 is 0 Å². The van der Waals surface area contributed by atoms with E-state index < -0.39 is 5.41 Å². The molecule has 2 saturated heterocycles. The summed E-state index contributed by atoms with van der Waals surface area (Å²) in [7, 11) is 0. The van der Waals surface area contributed by atoms with Crippen LogP contribution in [0.4, 0.5) is 4.39 Å². The van der Waals surface area contributed by atoms with Gasteiger partial charge in [0.25, 0.3) is 0 Å². The van der Waals surface area contributed by atoms with Crippen LogP contribution in [0.25, 0.3) is 0 Å². The molecule has 5 heteroatoms. The standard InChI is InChI=1S/C21H27FN2O2/c1-15-8-13-23(14-9-15)19(25)18-7-4-12-24(18)20(26)21(10-11-21)16-5-2-3-6-17(16)22/h2-3,5-6,15,18H,4,7-14H2,1H3. The molecule has 2 aliphatic heterocycles. The van der Waals surface area contributed by atoms with Crippen LogP contribution in [-0.4, -0.2) is 47.3 Å². The Hall–Kier alpha value is -1.91. The van der Waals surface area contributed by atoms with Gasteiger partial charge in [-0.3, -0.25) is 9.59 Å². The van der Waals surface area contributed by atoms with Gasteiger partial charge in [0.05, 0.1) is 5.41 Å². The van der Waals surface area contributed by atoms with Gasteiger partial charge in [0.15, 0.2) is 0 Å². The summed E-state index contributed by atoms with van der Waals surface area (Å²) >= 11 is 0. The van der Waals surface area contributed by atoms with Crippen molar-refractivity contribution < 1.29 is 14.0 Å². The Morgan fingerprint density at radius 2 is 1.77 bits per heavy atom. The third kappa shape index (κ3) is 2.91. The molecule has 0 radical (unpaired) electrons. The van der Waals surface area contributed by atoms with E-state index in [1.165, 1.54) is 6.07 Å². The summed E-state index contributed by atoms with van der Waals surface area (Å²) < 4.78 is 14.3. The minimum absolute atomic E-state index is 0.0520. The zero-order valence-electron chi connectivity index (χ0n) is 15.4. The van der Waals surface area contributed by atoms with Crippen molar-refractivity contribution in [1.29, 1.82) is 0 Å². The number of benzene rings is 1. The first-order valence-electron chi connectivity index (χ1n) is 9.88.